The van der Waals surface area contributed by atoms with Gasteiger partial charge >= 0.3 is 0 Å². The van der Waals surface area contributed by atoms with Crippen LogP contribution < -0.4 is 5.73 Å². The third kappa shape index (κ3) is 2.69. The van der Waals surface area contributed by atoms with E-state index in [1.807, 2.05) is 0 Å². The molecule has 1 rings (SSSR count). The van der Waals surface area contributed by atoms with Gasteiger partial charge in [0, 0.05) is 31.8 Å². The van der Waals surface area contributed by atoms with Crippen molar-refractivity contribution in [1.29, 1.82) is 0 Å². The normalized spacial score (nSPS) is 34.1. The van der Waals surface area contributed by atoms with Crippen LogP contribution in [0.4, 0.5) is 0 Å². The van der Waals surface area contributed by atoms with Crippen LogP contribution in [0.5, 0.6) is 0 Å². The van der Waals surface area contributed by atoms with Crippen molar-refractivity contribution >= 4 is 0 Å². The minimum Gasteiger partial charge on any atom is -0.380 e. The highest BCUT2D eigenvalue weighted by molar-refractivity contribution is 4.85. The number of nitrogens with two attached hydrogens (primary N) is 1. The van der Waals surface area contributed by atoms with E-state index in [1.54, 1.807) is 7.11 Å². The first-order valence-corrected chi connectivity index (χ1v) is 5.60. The molecule has 2 N–H and O–H groups in total. The van der Waals surface area contributed by atoms with Gasteiger partial charge in [-0.15, -0.1) is 0 Å². The van der Waals surface area contributed by atoms with Crippen molar-refractivity contribution < 1.29 is 4.74 Å². The van der Waals surface area contributed by atoms with Gasteiger partial charge in [-0.2, -0.15) is 0 Å². The molecule has 0 amide bonds. The Morgan fingerprint density at radius 1 is 1.43 bits per heavy atom. The van der Waals surface area contributed by atoms with Crippen molar-refractivity contribution in [3.8, 4) is 0 Å². The molecule has 14 heavy (non-hydrogen) atoms. The molecule has 0 aliphatic carbocycles. The van der Waals surface area contributed by atoms with Gasteiger partial charge in [-0.05, 0) is 33.6 Å². The van der Waals surface area contributed by atoms with Crippen LogP contribution in [0.3, 0.4) is 0 Å². The average Bonchev–Trinajstić information content (AvgIpc) is 2.15. The summed E-state index contributed by atoms with van der Waals surface area (Å²) in [4.78, 5) is 2.51. The van der Waals surface area contributed by atoms with Gasteiger partial charge in [-0.3, -0.25) is 4.90 Å². The Morgan fingerprint density at radius 3 is 2.57 bits per heavy atom. The minimum atomic E-state index is 0.298. The van der Waals surface area contributed by atoms with E-state index < -0.39 is 0 Å². The molecule has 3 heteroatoms. The summed E-state index contributed by atoms with van der Waals surface area (Å²) in [7, 11) is 1.78. The second kappa shape index (κ2) is 5.10. The monoisotopic (exact) mass is 200 g/mol. The number of piperidine rings is 1. The maximum absolute atomic E-state index is 5.94. The van der Waals surface area contributed by atoms with E-state index in [9.17, 15) is 0 Å². The number of hydrogen-bond donors (Lipinski definition) is 1. The van der Waals surface area contributed by atoms with Crippen LogP contribution in [0.15, 0.2) is 0 Å². The zero-order chi connectivity index (χ0) is 10.7. The second-order valence-electron chi connectivity index (χ2n) is 4.55. The number of hydrogen-bond acceptors (Lipinski definition) is 3. The lowest BCUT2D eigenvalue weighted by atomic mass is 9.96. The predicted molar refractivity (Wildman–Crippen MR) is 59.3 cm³/mol. The molecule has 0 aromatic carbocycles. The number of ether oxygens (including phenoxy) is 1. The highest BCUT2D eigenvalue weighted by Crippen LogP contribution is 2.20. The SMILES string of the molecule is COC(C)C(C)N1CCC(N)CC1C. The zero-order valence-electron chi connectivity index (χ0n) is 9.86. The number of likely N-dealkylation sites (tertiary alicyclic amines) is 1. The van der Waals surface area contributed by atoms with Gasteiger partial charge in [0.2, 0.25) is 0 Å². The summed E-state index contributed by atoms with van der Waals surface area (Å²) in [5, 5.41) is 0. The molecule has 1 saturated heterocycles. The third-order valence-corrected chi connectivity index (χ3v) is 3.54. The number of nitrogens with zero attached hydrogens (tertiary/aromatic N) is 1. The number of methoxy groups -OCH3 is 1. The van der Waals surface area contributed by atoms with E-state index in [4.69, 9.17) is 10.5 Å². The first kappa shape index (κ1) is 12.0. The summed E-state index contributed by atoms with van der Waals surface area (Å²) in [5.41, 5.74) is 5.94. The molecule has 0 saturated carbocycles. The first-order valence-electron chi connectivity index (χ1n) is 5.60. The average molecular weight is 200 g/mol. The van der Waals surface area contributed by atoms with Gasteiger partial charge in [-0.1, -0.05) is 0 Å². The fourth-order valence-electron chi connectivity index (χ4n) is 2.30. The van der Waals surface area contributed by atoms with E-state index in [0.29, 0.717) is 24.2 Å². The van der Waals surface area contributed by atoms with Crippen LogP contribution in [0.2, 0.25) is 0 Å². The Hall–Kier alpha value is -0.120. The summed E-state index contributed by atoms with van der Waals surface area (Å²) in [6, 6.07) is 1.47. The Morgan fingerprint density at radius 2 is 2.07 bits per heavy atom. The third-order valence-electron chi connectivity index (χ3n) is 3.54. The highest BCUT2D eigenvalue weighted by Gasteiger charge is 2.29. The van der Waals surface area contributed by atoms with Crippen LogP contribution in [-0.2, 0) is 4.74 Å². The largest absolute Gasteiger partial charge is 0.380 e. The molecule has 1 fully saturated rings. The topological polar surface area (TPSA) is 38.5 Å². The molecule has 4 atom stereocenters. The zero-order valence-corrected chi connectivity index (χ0v) is 9.86. The molecule has 0 radical (unpaired) electrons. The van der Waals surface area contributed by atoms with Gasteiger partial charge in [0.25, 0.3) is 0 Å². The first-order chi connectivity index (χ1) is 6.56. The lowest BCUT2D eigenvalue weighted by molar-refractivity contribution is 0.00228. The van der Waals surface area contributed by atoms with Crippen LogP contribution in [0.25, 0.3) is 0 Å². The summed E-state index contributed by atoms with van der Waals surface area (Å²) in [6.07, 6.45) is 2.53. The van der Waals surface area contributed by atoms with Crippen LogP contribution in [-0.4, -0.2) is 42.8 Å². The van der Waals surface area contributed by atoms with E-state index in [1.165, 1.54) is 0 Å². The van der Waals surface area contributed by atoms with Gasteiger partial charge in [-0.25, -0.2) is 0 Å². The lowest BCUT2D eigenvalue weighted by Gasteiger charge is -2.42. The molecule has 1 heterocycles. The quantitative estimate of drug-likeness (QED) is 0.744. The Kier molecular flexibility index (Phi) is 4.35. The maximum atomic E-state index is 5.94. The smallest absolute Gasteiger partial charge is 0.0695 e. The summed E-state index contributed by atoms with van der Waals surface area (Å²) >= 11 is 0. The standard InChI is InChI=1S/C11H24N2O/c1-8-7-11(12)5-6-13(8)9(2)10(3)14-4/h8-11H,5-7,12H2,1-4H3. The molecule has 0 aromatic heterocycles. The van der Waals surface area contributed by atoms with Gasteiger partial charge in [0.1, 0.15) is 0 Å². The van der Waals surface area contributed by atoms with E-state index in [2.05, 4.69) is 25.7 Å². The summed E-state index contributed by atoms with van der Waals surface area (Å²) in [6.45, 7) is 7.74. The molecule has 0 bridgehead atoms. The predicted octanol–water partition coefficient (Wildman–Crippen LogP) is 1.22. The molecule has 3 nitrogen and oxygen atoms in total. The molecule has 0 spiro atoms. The fraction of sp³-hybridized carbons (Fsp3) is 1.00. The van der Waals surface area contributed by atoms with Gasteiger partial charge in [0.15, 0.2) is 0 Å². The van der Waals surface area contributed by atoms with Crippen molar-refractivity contribution in [3.63, 3.8) is 0 Å². The Balaban J connectivity index is 2.51. The van der Waals surface area contributed by atoms with Crippen molar-refractivity contribution in [3.05, 3.63) is 0 Å². The molecule has 4 unspecified atom stereocenters. The number of rotatable bonds is 3. The highest BCUT2D eigenvalue weighted by atomic mass is 16.5. The van der Waals surface area contributed by atoms with Crippen molar-refractivity contribution in [2.75, 3.05) is 13.7 Å². The maximum Gasteiger partial charge on any atom is 0.0695 e. The molecule has 1 aliphatic rings. The van der Waals surface area contributed by atoms with Crippen molar-refractivity contribution in [2.24, 2.45) is 5.73 Å². The van der Waals surface area contributed by atoms with E-state index in [0.717, 1.165) is 19.4 Å². The van der Waals surface area contributed by atoms with Crippen LogP contribution in [0, 0.1) is 0 Å². The molecular formula is C11H24N2O. The molecular weight excluding hydrogens is 176 g/mol. The minimum absolute atomic E-state index is 0.298. The Bertz CT molecular complexity index is 175. The summed E-state index contributed by atoms with van der Waals surface area (Å²) in [5.74, 6) is 0. The Labute approximate surface area is 87.6 Å². The second-order valence-corrected chi connectivity index (χ2v) is 4.55. The van der Waals surface area contributed by atoms with Crippen LogP contribution >= 0.6 is 0 Å². The van der Waals surface area contributed by atoms with Gasteiger partial charge in [0.05, 0.1) is 6.10 Å². The molecule has 1 aliphatic heterocycles. The molecule has 84 valence electrons. The van der Waals surface area contributed by atoms with E-state index >= 15 is 0 Å². The van der Waals surface area contributed by atoms with Crippen molar-refractivity contribution in [2.45, 2.75) is 57.8 Å². The summed E-state index contributed by atoms with van der Waals surface area (Å²) < 4.78 is 5.37. The lowest BCUT2D eigenvalue weighted by Crippen LogP contribution is -2.52. The van der Waals surface area contributed by atoms with Crippen LogP contribution in [0.1, 0.15) is 33.6 Å². The van der Waals surface area contributed by atoms with Gasteiger partial charge < -0.3 is 10.5 Å². The van der Waals surface area contributed by atoms with E-state index in [-0.39, 0.29) is 0 Å². The fourth-order valence-corrected chi connectivity index (χ4v) is 2.30. The molecule has 0 aromatic rings. The van der Waals surface area contributed by atoms with Crippen molar-refractivity contribution in [1.82, 2.24) is 4.90 Å².